The van der Waals surface area contributed by atoms with Crippen LogP contribution in [-0.2, 0) is 4.79 Å². The van der Waals surface area contributed by atoms with E-state index < -0.39 is 0 Å². The second kappa shape index (κ2) is 6.37. The lowest BCUT2D eigenvalue weighted by Crippen LogP contribution is -2.22. The molecule has 0 atom stereocenters. The van der Waals surface area contributed by atoms with Gasteiger partial charge < -0.3 is 15.5 Å². The molecule has 116 valence electrons. The van der Waals surface area contributed by atoms with Crippen LogP contribution in [0.1, 0.15) is 0 Å². The molecular formula is C16H13FN4O2. The van der Waals surface area contributed by atoms with Crippen LogP contribution in [0.4, 0.5) is 10.2 Å². The Morgan fingerprint density at radius 1 is 1.17 bits per heavy atom. The average Bonchev–Trinajstić information content (AvgIpc) is 3.05. The van der Waals surface area contributed by atoms with Crippen molar-refractivity contribution < 1.29 is 13.6 Å². The largest absolute Gasteiger partial charge is 0.443 e. The van der Waals surface area contributed by atoms with Crippen molar-refractivity contribution in [3.8, 4) is 22.6 Å². The molecule has 0 aliphatic heterocycles. The molecule has 0 fully saturated rings. The average molecular weight is 312 g/mol. The molecule has 1 aromatic carbocycles. The monoisotopic (exact) mass is 312 g/mol. The van der Waals surface area contributed by atoms with Crippen molar-refractivity contribution in [1.82, 2.24) is 9.97 Å². The van der Waals surface area contributed by atoms with Crippen molar-refractivity contribution in [2.24, 2.45) is 5.73 Å². The van der Waals surface area contributed by atoms with Crippen LogP contribution in [0.3, 0.4) is 0 Å². The van der Waals surface area contributed by atoms with Crippen LogP contribution in [0.2, 0.25) is 0 Å². The fraction of sp³-hybridized carbons (Fsp3) is 0.0625. The zero-order chi connectivity index (χ0) is 16.2. The normalized spacial score (nSPS) is 10.5. The van der Waals surface area contributed by atoms with E-state index in [1.807, 2.05) is 0 Å². The van der Waals surface area contributed by atoms with Crippen molar-refractivity contribution in [2.45, 2.75) is 0 Å². The van der Waals surface area contributed by atoms with Gasteiger partial charge in [-0.2, -0.15) is 0 Å². The number of oxazole rings is 1. The molecule has 7 heteroatoms. The van der Waals surface area contributed by atoms with Gasteiger partial charge in [0.25, 0.3) is 0 Å². The summed E-state index contributed by atoms with van der Waals surface area (Å²) in [4.78, 5) is 19.6. The summed E-state index contributed by atoms with van der Waals surface area (Å²) in [6.07, 6.45) is 2.85. The molecule has 0 unspecified atom stereocenters. The number of aromatic nitrogens is 2. The van der Waals surface area contributed by atoms with Gasteiger partial charge in [0.1, 0.15) is 17.3 Å². The molecule has 3 rings (SSSR count). The maximum absolute atomic E-state index is 13.1. The lowest BCUT2D eigenvalue weighted by Gasteiger charge is -2.05. The Labute approximate surface area is 131 Å². The minimum atomic E-state index is -0.342. The molecule has 2 heterocycles. The molecule has 0 bridgehead atoms. The van der Waals surface area contributed by atoms with Gasteiger partial charge in [-0.25, -0.2) is 14.4 Å². The third kappa shape index (κ3) is 3.24. The number of hydrogen-bond donors (Lipinski definition) is 2. The Balaban J connectivity index is 1.97. The Bertz CT molecular complexity index is 830. The van der Waals surface area contributed by atoms with Gasteiger partial charge in [-0.05, 0) is 36.4 Å². The zero-order valence-corrected chi connectivity index (χ0v) is 12.0. The van der Waals surface area contributed by atoms with E-state index in [1.54, 1.807) is 30.5 Å². The molecule has 0 spiro atoms. The summed E-state index contributed by atoms with van der Waals surface area (Å²) in [5.74, 6) is 0.196. The maximum atomic E-state index is 13.1. The number of nitrogens with one attached hydrogen (secondary N) is 1. The molecule has 0 saturated carbocycles. The Kier molecular flexibility index (Phi) is 4.11. The van der Waals surface area contributed by atoms with Gasteiger partial charge in [0, 0.05) is 17.3 Å². The number of halogens is 1. The van der Waals surface area contributed by atoms with E-state index >= 15 is 0 Å². The summed E-state index contributed by atoms with van der Waals surface area (Å²) in [5, 5.41) is 2.57. The van der Waals surface area contributed by atoms with E-state index in [9.17, 15) is 9.18 Å². The molecule has 0 aliphatic carbocycles. The SMILES string of the molecule is NCC(=O)Nc1cc(-c2ocnc2-c2ccc(F)cc2)ccn1. The summed E-state index contributed by atoms with van der Waals surface area (Å²) in [6, 6.07) is 9.33. The highest BCUT2D eigenvalue weighted by molar-refractivity contribution is 5.92. The van der Waals surface area contributed by atoms with E-state index in [4.69, 9.17) is 10.2 Å². The zero-order valence-electron chi connectivity index (χ0n) is 12.0. The van der Waals surface area contributed by atoms with Crippen LogP contribution in [0, 0.1) is 5.82 Å². The first-order chi connectivity index (χ1) is 11.2. The van der Waals surface area contributed by atoms with E-state index in [0.29, 0.717) is 22.8 Å². The lowest BCUT2D eigenvalue weighted by atomic mass is 10.1. The number of benzene rings is 1. The van der Waals surface area contributed by atoms with Crippen LogP contribution in [0.25, 0.3) is 22.6 Å². The third-order valence-electron chi connectivity index (χ3n) is 3.16. The van der Waals surface area contributed by atoms with E-state index in [0.717, 1.165) is 5.56 Å². The molecule has 2 aromatic heterocycles. The number of nitrogens with zero attached hydrogens (tertiary/aromatic N) is 2. The number of rotatable bonds is 4. The van der Waals surface area contributed by atoms with Crippen molar-refractivity contribution >= 4 is 11.7 Å². The highest BCUT2D eigenvalue weighted by Crippen LogP contribution is 2.31. The summed E-state index contributed by atoms with van der Waals surface area (Å²) in [5.41, 5.74) is 7.25. The van der Waals surface area contributed by atoms with Crippen LogP contribution >= 0.6 is 0 Å². The second-order valence-electron chi connectivity index (χ2n) is 4.72. The van der Waals surface area contributed by atoms with Gasteiger partial charge >= 0.3 is 0 Å². The van der Waals surface area contributed by atoms with E-state index in [1.165, 1.54) is 18.5 Å². The van der Waals surface area contributed by atoms with Crippen molar-refractivity contribution in [1.29, 1.82) is 0 Å². The van der Waals surface area contributed by atoms with E-state index in [2.05, 4.69) is 15.3 Å². The summed E-state index contributed by atoms with van der Waals surface area (Å²) in [6.45, 7) is -0.130. The van der Waals surface area contributed by atoms with Gasteiger partial charge in [-0.3, -0.25) is 4.79 Å². The Morgan fingerprint density at radius 3 is 2.70 bits per heavy atom. The summed E-state index contributed by atoms with van der Waals surface area (Å²) in [7, 11) is 0. The number of amides is 1. The first-order valence-corrected chi connectivity index (χ1v) is 6.83. The fourth-order valence-corrected chi connectivity index (χ4v) is 2.10. The molecule has 1 amide bonds. The van der Waals surface area contributed by atoms with Gasteiger partial charge in [0.05, 0.1) is 6.54 Å². The topological polar surface area (TPSA) is 94.0 Å². The standard InChI is InChI=1S/C16H13FN4O2/c17-12-3-1-10(2-4-12)15-16(23-9-20-15)11-5-6-19-13(7-11)21-14(22)8-18/h1-7,9H,8,18H2,(H,19,21,22). The van der Waals surface area contributed by atoms with Crippen molar-refractivity contribution in [3.05, 3.63) is 54.8 Å². The van der Waals surface area contributed by atoms with Crippen LogP contribution in [0.5, 0.6) is 0 Å². The fourth-order valence-electron chi connectivity index (χ4n) is 2.10. The van der Waals surface area contributed by atoms with Crippen molar-refractivity contribution in [2.75, 3.05) is 11.9 Å². The molecule has 3 N–H and O–H groups in total. The number of anilines is 1. The Morgan fingerprint density at radius 2 is 1.96 bits per heavy atom. The van der Waals surface area contributed by atoms with Gasteiger partial charge in [-0.15, -0.1) is 0 Å². The molecule has 0 saturated heterocycles. The molecular weight excluding hydrogens is 299 g/mol. The molecule has 0 radical (unpaired) electrons. The lowest BCUT2D eigenvalue weighted by molar-refractivity contribution is -0.114. The molecule has 23 heavy (non-hydrogen) atoms. The van der Waals surface area contributed by atoms with Crippen LogP contribution in [0.15, 0.2) is 53.4 Å². The molecule has 6 nitrogen and oxygen atoms in total. The first-order valence-electron chi connectivity index (χ1n) is 6.83. The van der Waals surface area contributed by atoms with Crippen LogP contribution < -0.4 is 11.1 Å². The molecule has 0 aliphatic rings. The smallest absolute Gasteiger partial charge is 0.239 e. The number of carbonyl (C=O) groups excluding carboxylic acids is 1. The quantitative estimate of drug-likeness (QED) is 0.771. The summed E-state index contributed by atoms with van der Waals surface area (Å²) >= 11 is 0. The van der Waals surface area contributed by atoms with Gasteiger partial charge in [0.2, 0.25) is 5.91 Å². The third-order valence-corrected chi connectivity index (χ3v) is 3.16. The predicted molar refractivity (Wildman–Crippen MR) is 82.8 cm³/mol. The van der Waals surface area contributed by atoms with Gasteiger partial charge in [0.15, 0.2) is 12.2 Å². The summed E-state index contributed by atoms with van der Waals surface area (Å²) < 4.78 is 18.5. The molecule has 3 aromatic rings. The number of nitrogens with two attached hydrogens (primary N) is 1. The number of hydrogen-bond acceptors (Lipinski definition) is 5. The second-order valence-corrected chi connectivity index (χ2v) is 4.72. The first kappa shape index (κ1) is 14.9. The number of carbonyl (C=O) groups is 1. The Hall–Kier alpha value is -3.06. The highest BCUT2D eigenvalue weighted by atomic mass is 19.1. The van der Waals surface area contributed by atoms with E-state index in [-0.39, 0.29) is 18.3 Å². The van der Waals surface area contributed by atoms with Crippen molar-refractivity contribution in [3.63, 3.8) is 0 Å². The maximum Gasteiger partial charge on any atom is 0.239 e. The predicted octanol–water partition coefficient (Wildman–Crippen LogP) is 2.44. The van der Waals surface area contributed by atoms with Crippen LogP contribution in [-0.4, -0.2) is 22.4 Å². The highest BCUT2D eigenvalue weighted by Gasteiger charge is 2.14. The number of pyridine rings is 1. The van der Waals surface area contributed by atoms with Gasteiger partial charge in [-0.1, -0.05) is 0 Å². The minimum Gasteiger partial charge on any atom is -0.443 e. The minimum absolute atomic E-state index is 0.130.